The molecule has 1 spiro atoms. The molecule has 4 N–H and O–H groups in total. The molecule has 3 fully saturated rings. The monoisotopic (exact) mass is 625 g/mol. The van der Waals surface area contributed by atoms with Gasteiger partial charge in [0.1, 0.15) is 18.7 Å². The van der Waals surface area contributed by atoms with E-state index < -0.39 is 23.6 Å². The number of thiazole rings is 1. The minimum absolute atomic E-state index is 0.0391. The SMILES string of the molecule is Cc1ncsc1-c1ccc(CNC(=O)[C@H]2C[C@H](O)CN2C(=O)[C@H](NC(=O)COC2CCC3(CCNC3)CC2)C(C)(C)C)cc1. The summed E-state index contributed by atoms with van der Waals surface area (Å²) in [5.74, 6) is -1.05. The molecule has 1 aromatic carbocycles. The lowest BCUT2D eigenvalue weighted by atomic mass is 9.72. The van der Waals surface area contributed by atoms with Gasteiger partial charge in [-0.1, -0.05) is 45.0 Å². The number of carbonyl (C=O) groups excluding carboxylic acids is 3. The molecule has 10 nitrogen and oxygen atoms in total. The van der Waals surface area contributed by atoms with E-state index in [0.29, 0.717) is 12.0 Å². The zero-order valence-corrected chi connectivity index (χ0v) is 27.2. The van der Waals surface area contributed by atoms with Crippen LogP contribution in [0.2, 0.25) is 0 Å². The predicted molar refractivity (Wildman–Crippen MR) is 170 cm³/mol. The van der Waals surface area contributed by atoms with Crippen molar-refractivity contribution in [3.63, 3.8) is 0 Å². The molecule has 1 aliphatic carbocycles. The summed E-state index contributed by atoms with van der Waals surface area (Å²) in [4.78, 5) is 47.0. The number of benzene rings is 1. The first-order chi connectivity index (χ1) is 20.9. The third-order valence-electron chi connectivity index (χ3n) is 9.49. The minimum Gasteiger partial charge on any atom is -0.391 e. The molecule has 2 aliphatic heterocycles. The number of β-amino-alcohol motifs (C(OH)–C–C–N with tert-alkyl or cyclic N) is 1. The van der Waals surface area contributed by atoms with Crippen LogP contribution < -0.4 is 16.0 Å². The number of carbonyl (C=O) groups is 3. The Hall–Kier alpha value is -2.86. The van der Waals surface area contributed by atoms with Gasteiger partial charge in [0.05, 0.1) is 28.3 Å². The van der Waals surface area contributed by atoms with E-state index in [9.17, 15) is 19.5 Å². The first kappa shape index (κ1) is 32.5. The zero-order valence-electron chi connectivity index (χ0n) is 26.4. The van der Waals surface area contributed by atoms with E-state index in [1.165, 1.54) is 11.3 Å². The van der Waals surface area contributed by atoms with Gasteiger partial charge in [0.25, 0.3) is 0 Å². The topological polar surface area (TPSA) is 133 Å². The lowest BCUT2D eigenvalue weighted by molar-refractivity contribution is -0.145. The van der Waals surface area contributed by atoms with Gasteiger partial charge in [-0.05, 0) is 67.5 Å². The molecule has 44 heavy (non-hydrogen) atoms. The van der Waals surface area contributed by atoms with Gasteiger partial charge in [0.15, 0.2) is 0 Å². The van der Waals surface area contributed by atoms with E-state index in [2.05, 4.69) is 20.9 Å². The van der Waals surface area contributed by atoms with Gasteiger partial charge < -0.3 is 30.7 Å². The smallest absolute Gasteiger partial charge is 0.246 e. The van der Waals surface area contributed by atoms with E-state index in [1.54, 1.807) is 11.3 Å². The second kappa shape index (κ2) is 13.6. The van der Waals surface area contributed by atoms with Gasteiger partial charge in [-0.2, -0.15) is 0 Å². The molecule has 0 unspecified atom stereocenters. The Kier molecular flexibility index (Phi) is 10.1. The fourth-order valence-corrected chi connectivity index (χ4v) is 7.58. The van der Waals surface area contributed by atoms with Crippen LogP contribution in [0.5, 0.6) is 0 Å². The molecule has 1 aromatic heterocycles. The lowest BCUT2D eigenvalue weighted by Gasteiger charge is -2.37. The van der Waals surface area contributed by atoms with Crippen LogP contribution >= 0.6 is 11.3 Å². The number of hydrogen-bond donors (Lipinski definition) is 4. The molecule has 2 aromatic rings. The molecule has 3 heterocycles. The van der Waals surface area contributed by atoms with E-state index in [1.807, 2.05) is 57.5 Å². The van der Waals surface area contributed by atoms with Crippen molar-refractivity contribution in [3.8, 4) is 10.4 Å². The maximum atomic E-state index is 13.9. The molecular weight excluding hydrogens is 578 g/mol. The number of ether oxygens (including phenoxy) is 1. The Morgan fingerprint density at radius 3 is 2.52 bits per heavy atom. The Bertz CT molecular complexity index is 1310. The highest BCUT2D eigenvalue weighted by molar-refractivity contribution is 7.13. The van der Waals surface area contributed by atoms with Crippen LogP contribution in [0.25, 0.3) is 10.4 Å². The largest absolute Gasteiger partial charge is 0.391 e. The number of aromatic nitrogens is 1. The first-order valence-corrected chi connectivity index (χ1v) is 16.7. The third-order valence-corrected chi connectivity index (χ3v) is 10.5. The molecule has 2 saturated heterocycles. The average molecular weight is 626 g/mol. The van der Waals surface area contributed by atoms with Crippen LogP contribution in [0.15, 0.2) is 29.8 Å². The second-order valence-corrected chi connectivity index (χ2v) is 14.7. The maximum absolute atomic E-state index is 13.9. The van der Waals surface area contributed by atoms with Gasteiger partial charge in [0, 0.05) is 26.1 Å². The van der Waals surface area contributed by atoms with Crippen LogP contribution in [0, 0.1) is 17.8 Å². The molecule has 240 valence electrons. The highest BCUT2D eigenvalue weighted by Gasteiger charge is 2.44. The van der Waals surface area contributed by atoms with Gasteiger partial charge in [0.2, 0.25) is 17.7 Å². The van der Waals surface area contributed by atoms with Crippen LogP contribution in [0.1, 0.15) is 70.6 Å². The standard InChI is InChI=1S/C33H47N5O5S/c1-21-28(44-20-36-21)23-7-5-22(6-8-23)16-35-30(41)26-15-24(39)17-38(26)31(42)29(32(2,3)4)37-27(40)18-43-25-9-11-33(12-10-25)13-14-34-19-33/h5-8,20,24-26,29,34,39H,9-19H2,1-4H3,(H,35,41)(H,37,40)/t24-,25?,26+,29-,33?/m0/s1. The van der Waals surface area contributed by atoms with Gasteiger partial charge >= 0.3 is 0 Å². The average Bonchev–Trinajstić information content (AvgIpc) is 3.74. The molecule has 1 saturated carbocycles. The summed E-state index contributed by atoms with van der Waals surface area (Å²) in [5, 5.41) is 19.8. The van der Waals surface area contributed by atoms with Crippen molar-refractivity contribution in [2.24, 2.45) is 10.8 Å². The summed E-state index contributed by atoms with van der Waals surface area (Å²) in [6.45, 7) is 10.00. The molecule has 0 radical (unpaired) electrons. The summed E-state index contributed by atoms with van der Waals surface area (Å²) in [7, 11) is 0. The number of amides is 3. The van der Waals surface area contributed by atoms with Crippen LogP contribution in [-0.2, 0) is 25.7 Å². The van der Waals surface area contributed by atoms with Crippen molar-refractivity contribution in [2.45, 2.75) is 97.1 Å². The zero-order chi connectivity index (χ0) is 31.5. The van der Waals surface area contributed by atoms with Crippen LogP contribution in [0.4, 0.5) is 0 Å². The molecule has 3 aliphatic rings. The number of aryl methyl sites for hydroxylation is 1. The quantitative estimate of drug-likeness (QED) is 0.337. The van der Waals surface area contributed by atoms with E-state index in [0.717, 1.165) is 60.5 Å². The van der Waals surface area contributed by atoms with Gasteiger partial charge in [-0.15, -0.1) is 11.3 Å². The number of hydrogen-bond acceptors (Lipinski definition) is 8. The van der Waals surface area contributed by atoms with Gasteiger partial charge in [-0.3, -0.25) is 14.4 Å². The number of rotatable bonds is 9. The first-order valence-electron chi connectivity index (χ1n) is 15.8. The summed E-state index contributed by atoms with van der Waals surface area (Å²) in [5.41, 5.74) is 4.58. The summed E-state index contributed by atoms with van der Waals surface area (Å²) in [6, 6.07) is 6.25. The van der Waals surface area contributed by atoms with Crippen molar-refractivity contribution in [1.82, 2.24) is 25.8 Å². The number of aliphatic hydroxyl groups excluding tert-OH is 1. The van der Waals surface area contributed by atoms with Crippen molar-refractivity contribution in [3.05, 3.63) is 41.0 Å². The van der Waals surface area contributed by atoms with Crippen molar-refractivity contribution < 1.29 is 24.2 Å². The summed E-state index contributed by atoms with van der Waals surface area (Å²) in [6.07, 6.45) is 4.67. The van der Waals surface area contributed by atoms with Crippen LogP contribution in [0.3, 0.4) is 0 Å². The lowest BCUT2D eigenvalue weighted by Crippen LogP contribution is -2.58. The number of aliphatic hydroxyl groups is 1. The normalized spacial score (nSPS) is 26.1. The summed E-state index contributed by atoms with van der Waals surface area (Å²) >= 11 is 1.59. The second-order valence-electron chi connectivity index (χ2n) is 13.9. The fraction of sp³-hybridized carbons (Fsp3) is 0.636. The Balaban J connectivity index is 1.15. The highest BCUT2D eigenvalue weighted by atomic mass is 32.1. The van der Waals surface area contributed by atoms with Crippen LogP contribution in [-0.4, -0.2) is 83.2 Å². The molecule has 3 amide bonds. The predicted octanol–water partition coefficient (Wildman–Crippen LogP) is 3.17. The van der Waals surface area contributed by atoms with E-state index >= 15 is 0 Å². The molecule has 5 rings (SSSR count). The molecular formula is C33H47N5O5S. The summed E-state index contributed by atoms with van der Waals surface area (Å²) < 4.78 is 5.99. The van der Waals surface area contributed by atoms with Gasteiger partial charge in [-0.25, -0.2) is 4.98 Å². The molecule has 0 bridgehead atoms. The number of likely N-dealkylation sites (tertiary alicyclic amines) is 1. The minimum atomic E-state index is -0.874. The van der Waals surface area contributed by atoms with Crippen molar-refractivity contribution >= 4 is 29.1 Å². The third kappa shape index (κ3) is 7.67. The maximum Gasteiger partial charge on any atom is 0.246 e. The molecule has 3 atom stereocenters. The molecule has 11 heteroatoms. The Labute approximate surface area is 264 Å². The Morgan fingerprint density at radius 1 is 1.18 bits per heavy atom. The number of nitrogens with zero attached hydrogens (tertiary/aromatic N) is 2. The van der Waals surface area contributed by atoms with E-state index in [4.69, 9.17) is 4.74 Å². The highest BCUT2D eigenvalue weighted by Crippen LogP contribution is 2.41. The number of nitrogens with one attached hydrogen (secondary N) is 3. The van der Waals surface area contributed by atoms with Crippen molar-refractivity contribution in [1.29, 1.82) is 0 Å². The fourth-order valence-electron chi connectivity index (χ4n) is 6.77. The Morgan fingerprint density at radius 2 is 1.91 bits per heavy atom. The van der Waals surface area contributed by atoms with E-state index in [-0.39, 0.29) is 43.4 Å². The van der Waals surface area contributed by atoms with Crippen molar-refractivity contribution in [2.75, 3.05) is 26.2 Å².